The minimum Gasteiger partial charge on any atom is -0.350 e. The summed E-state index contributed by atoms with van der Waals surface area (Å²) >= 11 is 0. The first-order valence-corrected chi connectivity index (χ1v) is 9.12. The third-order valence-electron chi connectivity index (χ3n) is 5.09. The van der Waals surface area contributed by atoms with E-state index in [0.717, 1.165) is 55.1 Å². The summed E-state index contributed by atoms with van der Waals surface area (Å²) < 4.78 is 0. The van der Waals surface area contributed by atoms with Crippen LogP contribution in [0.5, 0.6) is 0 Å². The maximum absolute atomic E-state index is 12.4. The number of H-pyrrole nitrogens is 1. The van der Waals surface area contributed by atoms with Crippen molar-refractivity contribution in [3.63, 3.8) is 0 Å². The quantitative estimate of drug-likeness (QED) is 0.772. The molecular weight excluding hydrogens is 316 g/mol. The molecule has 7 nitrogen and oxygen atoms in total. The van der Waals surface area contributed by atoms with Gasteiger partial charge < -0.3 is 10.6 Å². The van der Waals surface area contributed by atoms with Crippen LogP contribution in [-0.4, -0.2) is 39.2 Å². The summed E-state index contributed by atoms with van der Waals surface area (Å²) in [6, 6.07) is 0. The fourth-order valence-electron chi connectivity index (χ4n) is 3.76. The Kier molecular flexibility index (Phi) is 4.48. The molecule has 1 amide bonds. The molecule has 0 spiro atoms. The summed E-state index contributed by atoms with van der Waals surface area (Å²) in [6.45, 7) is 4.22. The number of hydrogen-bond acceptors (Lipinski definition) is 5. The fourth-order valence-corrected chi connectivity index (χ4v) is 3.76. The lowest BCUT2D eigenvalue weighted by Crippen LogP contribution is -2.29. The molecule has 3 N–H and O–H groups in total. The van der Waals surface area contributed by atoms with E-state index in [1.54, 1.807) is 0 Å². The van der Waals surface area contributed by atoms with Gasteiger partial charge >= 0.3 is 0 Å². The number of hydrogen-bond donors (Lipinski definition) is 3. The van der Waals surface area contributed by atoms with E-state index in [4.69, 9.17) is 4.98 Å². The molecule has 0 saturated heterocycles. The van der Waals surface area contributed by atoms with Crippen molar-refractivity contribution in [2.45, 2.75) is 52.0 Å². The van der Waals surface area contributed by atoms with Gasteiger partial charge in [-0.1, -0.05) is 0 Å². The van der Waals surface area contributed by atoms with Crippen LogP contribution in [0.15, 0.2) is 0 Å². The highest BCUT2D eigenvalue weighted by Crippen LogP contribution is 2.21. The number of aryl methyl sites for hydroxylation is 2. The van der Waals surface area contributed by atoms with E-state index in [2.05, 4.69) is 32.7 Å². The fraction of sp³-hybridized carbons (Fsp3) is 0.556. The van der Waals surface area contributed by atoms with Crippen molar-refractivity contribution in [3.8, 4) is 0 Å². The van der Waals surface area contributed by atoms with Gasteiger partial charge in [0, 0.05) is 36.5 Å². The summed E-state index contributed by atoms with van der Waals surface area (Å²) in [4.78, 5) is 21.7. The van der Waals surface area contributed by atoms with Crippen molar-refractivity contribution in [2.75, 3.05) is 13.1 Å². The molecule has 3 heterocycles. The van der Waals surface area contributed by atoms with Gasteiger partial charge in [-0.15, -0.1) is 0 Å². The van der Waals surface area contributed by atoms with Crippen LogP contribution in [0.4, 0.5) is 0 Å². The van der Waals surface area contributed by atoms with Gasteiger partial charge in [0.25, 0.3) is 5.91 Å². The highest BCUT2D eigenvalue weighted by atomic mass is 16.1. The molecule has 0 fully saturated rings. The van der Waals surface area contributed by atoms with Gasteiger partial charge in [0.15, 0.2) is 5.69 Å². The second kappa shape index (κ2) is 6.92. The molecule has 4 rings (SSSR count). The minimum absolute atomic E-state index is 0.117. The van der Waals surface area contributed by atoms with E-state index in [1.165, 1.54) is 24.1 Å². The van der Waals surface area contributed by atoms with Crippen LogP contribution in [0.25, 0.3) is 0 Å². The van der Waals surface area contributed by atoms with Crippen molar-refractivity contribution in [3.05, 3.63) is 39.7 Å². The third kappa shape index (κ3) is 3.28. The molecule has 7 heteroatoms. The second-order valence-electron chi connectivity index (χ2n) is 6.82. The molecule has 132 valence electrons. The zero-order valence-electron chi connectivity index (χ0n) is 14.6. The number of fused-ring (bicyclic) bond motifs is 2. The highest BCUT2D eigenvalue weighted by molar-refractivity contribution is 5.94. The molecule has 0 bridgehead atoms. The van der Waals surface area contributed by atoms with Crippen molar-refractivity contribution >= 4 is 5.91 Å². The Bertz CT molecular complexity index is 797. The highest BCUT2D eigenvalue weighted by Gasteiger charge is 2.21. The molecule has 0 atom stereocenters. The number of carbonyl (C=O) groups is 1. The Morgan fingerprint density at radius 3 is 2.96 bits per heavy atom. The van der Waals surface area contributed by atoms with Crippen LogP contribution in [0.3, 0.4) is 0 Å². The van der Waals surface area contributed by atoms with E-state index in [0.29, 0.717) is 18.7 Å². The summed E-state index contributed by atoms with van der Waals surface area (Å²) in [5, 5.41) is 13.4. The lowest BCUT2D eigenvalue weighted by atomic mass is 9.95. The molecule has 2 aliphatic rings. The summed E-state index contributed by atoms with van der Waals surface area (Å²) in [5.74, 6) is 0.709. The van der Waals surface area contributed by atoms with Crippen LogP contribution < -0.4 is 10.6 Å². The molecule has 0 saturated carbocycles. The van der Waals surface area contributed by atoms with Crippen molar-refractivity contribution in [2.24, 2.45) is 0 Å². The Labute approximate surface area is 147 Å². The smallest absolute Gasteiger partial charge is 0.272 e. The predicted molar refractivity (Wildman–Crippen MR) is 93.4 cm³/mol. The maximum atomic E-state index is 12.4. The Hall–Kier alpha value is -2.28. The second-order valence-corrected chi connectivity index (χ2v) is 6.82. The standard InChI is InChI=1S/C18H24N6O/c1-11-12-4-2-3-5-14(12)22-16(21-11)7-9-20-18(25)17-13-6-8-19-10-15(13)23-24-17/h19H,2-10H2,1H3,(H,20,25)(H,23,24). The first-order valence-electron chi connectivity index (χ1n) is 9.12. The topological polar surface area (TPSA) is 95.6 Å². The van der Waals surface area contributed by atoms with Gasteiger partial charge in [-0.25, -0.2) is 9.97 Å². The molecule has 25 heavy (non-hydrogen) atoms. The van der Waals surface area contributed by atoms with E-state index in [9.17, 15) is 4.79 Å². The van der Waals surface area contributed by atoms with Crippen LogP contribution in [0, 0.1) is 6.92 Å². The van der Waals surface area contributed by atoms with Crippen LogP contribution >= 0.6 is 0 Å². The number of aromatic amines is 1. The van der Waals surface area contributed by atoms with E-state index in [-0.39, 0.29) is 5.91 Å². The molecule has 2 aromatic heterocycles. The molecule has 2 aromatic rings. The van der Waals surface area contributed by atoms with E-state index in [1.807, 2.05) is 0 Å². The number of rotatable bonds is 4. The van der Waals surface area contributed by atoms with Gasteiger partial charge in [0.05, 0.1) is 5.69 Å². The average molecular weight is 340 g/mol. The van der Waals surface area contributed by atoms with E-state index < -0.39 is 0 Å². The summed E-state index contributed by atoms with van der Waals surface area (Å²) in [5.41, 5.74) is 6.21. The third-order valence-corrected chi connectivity index (χ3v) is 5.09. The lowest BCUT2D eigenvalue weighted by Gasteiger charge is -2.17. The first-order chi connectivity index (χ1) is 12.2. The molecule has 1 aliphatic heterocycles. The largest absolute Gasteiger partial charge is 0.350 e. The van der Waals surface area contributed by atoms with Crippen LogP contribution in [-0.2, 0) is 32.2 Å². The number of aromatic nitrogens is 4. The number of carbonyl (C=O) groups excluding carboxylic acids is 1. The minimum atomic E-state index is -0.117. The number of amides is 1. The Morgan fingerprint density at radius 2 is 2.04 bits per heavy atom. The number of nitrogens with one attached hydrogen (secondary N) is 3. The number of nitrogens with zero attached hydrogens (tertiary/aromatic N) is 3. The molecule has 1 aliphatic carbocycles. The average Bonchev–Trinajstić information content (AvgIpc) is 3.06. The van der Waals surface area contributed by atoms with Gasteiger partial charge in [-0.05, 0) is 51.1 Å². The van der Waals surface area contributed by atoms with Gasteiger partial charge in [-0.2, -0.15) is 5.10 Å². The maximum Gasteiger partial charge on any atom is 0.272 e. The van der Waals surface area contributed by atoms with Crippen molar-refractivity contribution in [1.82, 2.24) is 30.8 Å². The zero-order chi connectivity index (χ0) is 17.2. The normalized spacial score (nSPS) is 16.2. The van der Waals surface area contributed by atoms with Gasteiger partial charge in [0.1, 0.15) is 5.82 Å². The monoisotopic (exact) mass is 340 g/mol. The molecule has 0 radical (unpaired) electrons. The van der Waals surface area contributed by atoms with Crippen molar-refractivity contribution < 1.29 is 4.79 Å². The first kappa shape index (κ1) is 16.2. The van der Waals surface area contributed by atoms with Gasteiger partial charge in [-0.3, -0.25) is 9.89 Å². The van der Waals surface area contributed by atoms with Crippen molar-refractivity contribution in [1.29, 1.82) is 0 Å². The molecular formula is C18H24N6O. The zero-order valence-corrected chi connectivity index (χ0v) is 14.6. The molecule has 0 aromatic carbocycles. The predicted octanol–water partition coefficient (Wildman–Crippen LogP) is 1.01. The lowest BCUT2D eigenvalue weighted by molar-refractivity contribution is 0.0948. The van der Waals surface area contributed by atoms with Crippen LogP contribution in [0.1, 0.15) is 57.4 Å². The Morgan fingerprint density at radius 1 is 1.16 bits per heavy atom. The van der Waals surface area contributed by atoms with Gasteiger partial charge in [0.2, 0.25) is 0 Å². The van der Waals surface area contributed by atoms with Crippen LogP contribution in [0.2, 0.25) is 0 Å². The molecule has 0 unspecified atom stereocenters. The Balaban J connectivity index is 1.38. The summed E-state index contributed by atoms with van der Waals surface area (Å²) in [7, 11) is 0. The van der Waals surface area contributed by atoms with E-state index >= 15 is 0 Å². The summed E-state index contributed by atoms with van der Waals surface area (Å²) in [6.07, 6.45) is 6.06. The SMILES string of the molecule is Cc1nc(CCNC(=O)c2n[nH]c3c2CCNC3)nc2c1CCCC2.